The Morgan fingerprint density at radius 3 is 2.71 bits per heavy atom. The van der Waals surface area contributed by atoms with Gasteiger partial charge in [-0.1, -0.05) is 30.3 Å². The molecule has 2 aromatic carbocycles. The molecule has 1 saturated heterocycles. The van der Waals surface area contributed by atoms with Crippen LogP contribution < -0.4 is 10.9 Å². The molecular formula is C26H22ClFN2O5. The maximum Gasteiger partial charge on any atom is 0.336 e. The van der Waals surface area contributed by atoms with Crippen molar-refractivity contribution < 1.29 is 23.2 Å². The maximum absolute atomic E-state index is 13.5. The first-order valence-electron chi connectivity index (χ1n) is 11.0. The van der Waals surface area contributed by atoms with Gasteiger partial charge in [0.1, 0.15) is 23.6 Å². The number of benzene rings is 2. The Hall–Kier alpha value is -3.78. The standard InChI is InChI=1S/C26H22ClFN2O5/c1-2-24(32)29-17-4-3-9-30(13-17)26(34)21(14-31)15-5-7-19-20(12-25(33)35-23(19)10-15)18-8-6-16(28)11-22(18)27/h2,5-8,10-12,14,17,21H,1,3-4,9,13H2,(H,29,32)/t17-,21?/m0/s1. The number of hydrogen-bond acceptors (Lipinski definition) is 5. The zero-order chi connectivity index (χ0) is 25.1. The smallest absolute Gasteiger partial charge is 0.336 e. The second kappa shape index (κ2) is 10.2. The van der Waals surface area contributed by atoms with Gasteiger partial charge in [-0.05, 0) is 48.7 Å². The minimum absolute atomic E-state index is 0.130. The zero-order valence-electron chi connectivity index (χ0n) is 18.6. The van der Waals surface area contributed by atoms with Crippen LogP contribution in [-0.4, -0.2) is 42.1 Å². The minimum Gasteiger partial charge on any atom is -0.423 e. The Bertz CT molecular complexity index is 1390. The van der Waals surface area contributed by atoms with E-state index in [4.69, 9.17) is 16.0 Å². The van der Waals surface area contributed by atoms with Crippen LogP contribution in [0.15, 0.2) is 64.3 Å². The van der Waals surface area contributed by atoms with Crippen molar-refractivity contribution in [2.75, 3.05) is 13.1 Å². The van der Waals surface area contributed by atoms with Gasteiger partial charge in [0.05, 0.1) is 5.02 Å². The average Bonchev–Trinajstić information content (AvgIpc) is 2.84. The van der Waals surface area contributed by atoms with E-state index < -0.39 is 23.3 Å². The second-order valence-electron chi connectivity index (χ2n) is 8.31. The normalized spacial score (nSPS) is 16.5. The predicted octanol–water partition coefficient (Wildman–Crippen LogP) is 3.83. The molecular weight excluding hydrogens is 475 g/mol. The summed E-state index contributed by atoms with van der Waals surface area (Å²) in [5, 5.41) is 3.43. The highest BCUT2D eigenvalue weighted by Gasteiger charge is 2.30. The molecule has 1 unspecified atom stereocenters. The van der Waals surface area contributed by atoms with Crippen molar-refractivity contribution >= 4 is 40.7 Å². The number of piperidine rings is 1. The molecule has 1 N–H and O–H groups in total. The molecule has 0 bridgehead atoms. The first-order valence-corrected chi connectivity index (χ1v) is 11.4. The van der Waals surface area contributed by atoms with Gasteiger partial charge in [-0.3, -0.25) is 9.59 Å². The molecule has 1 fully saturated rings. The van der Waals surface area contributed by atoms with Crippen molar-refractivity contribution in [2.24, 2.45) is 0 Å². The van der Waals surface area contributed by atoms with E-state index in [0.29, 0.717) is 47.7 Å². The van der Waals surface area contributed by atoms with Crippen LogP contribution in [0.3, 0.4) is 0 Å². The third kappa shape index (κ3) is 5.17. The van der Waals surface area contributed by atoms with Crippen molar-refractivity contribution in [1.29, 1.82) is 0 Å². The maximum atomic E-state index is 13.5. The summed E-state index contributed by atoms with van der Waals surface area (Å²) in [7, 11) is 0. The summed E-state index contributed by atoms with van der Waals surface area (Å²) in [6.45, 7) is 4.17. The van der Waals surface area contributed by atoms with E-state index in [0.717, 1.165) is 6.07 Å². The highest BCUT2D eigenvalue weighted by Crippen LogP contribution is 2.34. The average molecular weight is 497 g/mol. The SMILES string of the molecule is C=CC(=O)N[C@H]1CCCN(C(=O)C(C=O)c2ccc3c(-c4ccc(F)cc4Cl)cc(=O)oc3c2)C1. The number of fused-ring (bicyclic) bond motifs is 1. The lowest BCUT2D eigenvalue weighted by atomic mass is 9.94. The van der Waals surface area contributed by atoms with Gasteiger partial charge < -0.3 is 19.4 Å². The first-order chi connectivity index (χ1) is 16.8. The third-order valence-electron chi connectivity index (χ3n) is 6.02. The number of carbonyl (C=O) groups is 3. The number of likely N-dealkylation sites (tertiary alicyclic amines) is 1. The van der Waals surface area contributed by atoms with E-state index in [9.17, 15) is 23.6 Å². The van der Waals surface area contributed by atoms with Gasteiger partial charge in [0, 0.05) is 41.7 Å². The van der Waals surface area contributed by atoms with Crippen molar-refractivity contribution in [3.05, 3.63) is 81.9 Å². The summed E-state index contributed by atoms with van der Waals surface area (Å²) >= 11 is 6.20. The lowest BCUT2D eigenvalue weighted by molar-refractivity contribution is -0.136. The Morgan fingerprint density at radius 2 is 2.00 bits per heavy atom. The molecule has 4 rings (SSSR count). The number of aldehydes is 1. The number of nitrogens with one attached hydrogen (secondary N) is 1. The quantitative estimate of drug-likeness (QED) is 0.242. The van der Waals surface area contributed by atoms with E-state index in [1.54, 1.807) is 17.0 Å². The summed E-state index contributed by atoms with van der Waals surface area (Å²) in [6, 6.07) is 9.61. The van der Waals surface area contributed by atoms with E-state index in [2.05, 4.69) is 11.9 Å². The monoisotopic (exact) mass is 496 g/mol. The zero-order valence-corrected chi connectivity index (χ0v) is 19.4. The van der Waals surface area contributed by atoms with Gasteiger partial charge in [0.2, 0.25) is 11.8 Å². The molecule has 0 radical (unpaired) electrons. The van der Waals surface area contributed by atoms with Crippen molar-refractivity contribution in [3.63, 3.8) is 0 Å². The molecule has 2 atom stereocenters. The number of hydrogen-bond donors (Lipinski definition) is 1. The number of nitrogens with zero attached hydrogens (tertiary/aromatic N) is 1. The van der Waals surface area contributed by atoms with Crippen LogP contribution in [0.5, 0.6) is 0 Å². The highest BCUT2D eigenvalue weighted by molar-refractivity contribution is 6.33. The summed E-state index contributed by atoms with van der Waals surface area (Å²) in [4.78, 5) is 50.7. The van der Waals surface area contributed by atoms with Gasteiger partial charge in [0.15, 0.2) is 0 Å². The Morgan fingerprint density at radius 1 is 1.20 bits per heavy atom. The van der Waals surface area contributed by atoms with Gasteiger partial charge >= 0.3 is 5.63 Å². The van der Waals surface area contributed by atoms with Crippen LogP contribution in [0, 0.1) is 5.82 Å². The Kier molecular flexibility index (Phi) is 7.12. The van der Waals surface area contributed by atoms with Crippen LogP contribution in [0.4, 0.5) is 4.39 Å². The van der Waals surface area contributed by atoms with Crippen molar-refractivity contribution in [1.82, 2.24) is 10.2 Å². The van der Waals surface area contributed by atoms with Crippen LogP contribution >= 0.6 is 11.6 Å². The number of carbonyl (C=O) groups excluding carboxylic acids is 3. The highest BCUT2D eigenvalue weighted by atomic mass is 35.5. The molecule has 0 spiro atoms. The van der Waals surface area contributed by atoms with E-state index in [1.807, 2.05) is 0 Å². The fourth-order valence-corrected chi connectivity index (χ4v) is 4.60. The van der Waals surface area contributed by atoms with Crippen molar-refractivity contribution in [3.8, 4) is 11.1 Å². The summed E-state index contributed by atoms with van der Waals surface area (Å²) in [6.07, 6.45) is 3.11. The molecule has 0 saturated carbocycles. The fraction of sp³-hybridized carbons (Fsp3) is 0.231. The van der Waals surface area contributed by atoms with Gasteiger partial charge in [0.25, 0.3) is 0 Å². The Labute approximate surface area is 205 Å². The van der Waals surface area contributed by atoms with Gasteiger partial charge in [-0.2, -0.15) is 0 Å². The van der Waals surface area contributed by atoms with Crippen LogP contribution in [-0.2, 0) is 14.4 Å². The predicted molar refractivity (Wildman–Crippen MR) is 130 cm³/mol. The molecule has 9 heteroatoms. The molecule has 3 aromatic rings. The largest absolute Gasteiger partial charge is 0.423 e. The molecule has 1 aromatic heterocycles. The molecule has 1 aliphatic rings. The Balaban J connectivity index is 1.66. The van der Waals surface area contributed by atoms with Gasteiger partial charge in [-0.15, -0.1) is 0 Å². The van der Waals surface area contributed by atoms with E-state index in [1.165, 1.54) is 30.3 Å². The number of amides is 2. The lowest BCUT2D eigenvalue weighted by Crippen LogP contribution is -2.50. The molecule has 2 heterocycles. The minimum atomic E-state index is -1.11. The first kappa shape index (κ1) is 24.3. The van der Waals surface area contributed by atoms with Gasteiger partial charge in [-0.25, -0.2) is 9.18 Å². The molecule has 0 aliphatic carbocycles. The lowest BCUT2D eigenvalue weighted by Gasteiger charge is -2.34. The van der Waals surface area contributed by atoms with E-state index in [-0.39, 0.29) is 29.1 Å². The topological polar surface area (TPSA) is 96.7 Å². The summed E-state index contributed by atoms with van der Waals surface area (Å²) < 4.78 is 18.9. The van der Waals surface area contributed by atoms with Crippen molar-refractivity contribution in [2.45, 2.75) is 24.8 Å². The summed E-state index contributed by atoms with van der Waals surface area (Å²) in [5.41, 5.74) is 0.761. The number of rotatable bonds is 6. The molecule has 7 nitrogen and oxygen atoms in total. The second-order valence-corrected chi connectivity index (χ2v) is 8.72. The molecule has 180 valence electrons. The molecule has 2 amide bonds. The fourth-order valence-electron chi connectivity index (χ4n) is 4.33. The third-order valence-corrected chi connectivity index (χ3v) is 6.33. The van der Waals surface area contributed by atoms with Crippen LogP contribution in [0.25, 0.3) is 22.1 Å². The molecule has 35 heavy (non-hydrogen) atoms. The number of halogens is 2. The van der Waals surface area contributed by atoms with E-state index >= 15 is 0 Å². The van der Waals surface area contributed by atoms with Crippen LogP contribution in [0.1, 0.15) is 24.3 Å². The van der Waals surface area contributed by atoms with Crippen LogP contribution in [0.2, 0.25) is 5.02 Å². The molecule has 1 aliphatic heterocycles. The summed E-state index contributed by atoms with van der Waals surface area (Å²) in [5.74, 6) is -2.35.